The fraction of sp³-hybridized carbons (Fsp3) is 0.292. The molecule has 168 valence electrons. The van der Waals surface area contributed by atoms with Gasteiger partial charge in [-0.3, -0.25) is 4.57 Å². The third kappa shape index (κ3) is 3.48. The number of halogens is 3. The smallest absolute Gasteiger partial charge is 0.170 e. The lowest BCUT2D eigenvalue weighted by Crippen LogP contribution is -2.29. The van der Waals surface area contributed by atoms with Gasteiger partial charge in [0.25, 0.3) is 0 Å². The molecular weight excluding hydrogens is 479 g/mol. The second-order valence-corrected chi connectivity index (χ2v) is 10.2. The average Bonchev–Trinajstić information content (AvgIpc) is 3.10. The minimum Gasteiger partial charge on any atom is -0.344 e. The highest BCUT2D eigenvalue weighted by Gasteiger charge is 2.56. The van der Waals surface area contributed by atoms with Crippen LogP contribution >= 0.6 is 34.8 Å². The summed E-state index contributed by atoms with van der Waals surface area (Å²) >= 11 is 18.9. The summed E-state index contributed by atoms with van der Waals surface area (Å²) in [5.74, 6) is 1.57. The van der Waals surface area contributed by atoms with Crippen LogP contribution in [0.25, 0.3) is 28.2 Å². The molecular formula is C24H21Cl3N6. The van der Waals surface area contributed by atoms with E-state index in [1.54, 1.807) is 12.4 Å². The van der Waals surface area contributed by atoms with Gasteiger partial charge in [-0.2, -0.15) is 0 Å². The van der Waals surface area contributed by atoms with E-state index in [2.05, 4.69) is 33.9 Å². The quantitative estimate of drug-likeness (QED) is 0.336. The molecule has 6 nitrogen and oxygen atoms in total. The standard InChI is InChI=1S/C24H21Cl3N6/c1-31(2)16-10-19-20(11-16)33(19)24-21-23(28-12-29-24)32(15-6-3-13(25)4-7-15)22(30-21)17-8-5-14(26)9-18(17)27/h3-9,12,16,19-20H,10-11H2,1-2H3/t16?,19-,20+,33?. The lowest BCUT2D eigenvalue weighted by Gasteiger charge is -2.22. The summed E-state index contributed by atoms with van der Waals surface area (Å²) in [7, 11) is 4.30. The molecule has 2 aromatic carbocycles. The summed E-state index contributed by atoms with van der Waals surface area (Å²) in [6.45, 7) is 0. The molecule has 6 rings (SSSR count). The fourth-order valence-electron chi connectivity index (χ4n) is 5.02. The number of hydrogen-bond acceptors (Lipinski definition) is 5. The lowest BCUT2D eigenvalue weighted by atomic mass is 10.2. The molecule has 1 saturated heterocycles. The fourth-order valence-corrected chi connectivity index (χ4v) is 5.64. The van der Waals surface area contributed by atoms with Gasteiger partial charge in [0.2, 0.25) is 0 Å². The Balaban J connectivity index is 1.52. The van der Waals surface area contributed by atoms with Gasteiger partial charge in [-0.15, -0.1) is 0 Å². The molecule has 1 unspecified atom stereocenters. The van der Waals surface area contributed by atoms with Crippen molar-refractivity contribution in [3.05, 3.63) is 63.9 Å². The number of rotatable bonds is 4. The number of piperidine rings is 1. The number of hydrogen-bond donors (Lipinski definition) is 0. The van der Waals surface area contributed by atoms with E-state index in [-0.39, 0.29) is 0 Å². The second kappa shape index (κ2) is 7.84. The summed E-state index contributed by atoms with van der Waals surface area (Å²) in [6, 6.07) is 14.7. The van der Waals surface area contributed by atoms with E-state index in [0.29, 0.717) is 39.0 Å². The Hall–Kier alpha value is -2.38. The highest BCUT2D eigenvalue weighted by molar-refractivity contribution is 6.36. The Morgan fingerprint density at radius 3 is 2.27 bits per heavy atom. The number of aromatic nitrogens is 4. The van der Waals surface area contributed by atoms with E-state index in [1.807, 2.05) is 41.0 Å². The molecule has 1 saturated carbocycles. The maximum Gasteiger partial charge on any atom is 0.170 e. The molecule has 2 aliphatic rings. The Morgan fingerprint density at radius 2 is 1.61 bits per heavy atom. The first kappa shape index (κ1) is 21.2. The van der Waals surface area contributed by atoms with E-state index in [9.17, 15) is 0 Å². The zero-order valence-corrected chi connectivity index (χ0v) is 20.4. The van der Waals surface area contributed by atoms with Crippen molar-refractivity contribution in [2.45, 2.75) is 31.0 Å². The van der Waals surface area contributed by atoms with Crippen LogP contribution in [0.5, 0.6) is 0 Å². The van der Waals surface area contributed by atoms with Crippen molar-refractivity contribution in [2.24, 2.45) is 0 Å². The molecule has 2 fully saturated rings. The van der Waals surface area contributed by atoms with Crippen LogP contribution in [0.2, 0.25) is 15.1 Å². The molecule has 1 aliphatic heterocycles. The van der Waals surface area contributed by atoms with Crippen LogP contribution in [0.3, 0.4) is 0 Å². The van der Waals surface area contributed by atoms with Crippen LogP contribution < -0.4 is 4.90 Å². The van der Waals surface area contributed by atoms with Crippen molar-refractivity contribution < 1.29 is 0 Å². The van der Waals surface area contributed by atoms with Gasteiger partial charge in [0.15, 0.2) is 17.0 Å². The second-order valence-electron chi connectivity index (χ2n) is 8.87. The van der Waals surface area contributed by atoms with Crippen LogP contribution in [0.15, 0.2) is 48.8 Å². The predicted molar refractivity (Wildman–Crippen MR) is 134 cm³/mol. The van der Waals surface area contributed by atoms with Crippen molar-refractivity contribution in [3.8, 4) is 17.1 Å². The zero-order chi connectivity index (χ0) is 22.9. The van der Waals surface area contributed by atoms with Crippen molar-refractivity contribution in [1.29, 1.82) is 0 Å². The highest BCUT2D eigenvalue weighted by Crippen LogP contribution is 2.48. The summed E-state index contributed by atoms with van der Waals surface area (Å²) in [6.07, 6.45) is 3.89. The van der Waals surface area contributed by atoms with Crippen LogP contribution in [0.1, 0.15) is 12.8 Å². The van der Waals surface area contributed by atoms with E-state index < -0.39 is 0 Å². The molecule has 33 heavy (non-hydrogen) atoms. The molecule has 0 spiro atoms. The summed E-state index contributed by atoms with van der Waals surface area (Å²) in [4.78, 5) is 19.0. The molecule has 0 N–H and O–H groups in total. The lowest BCUT2D eigenvalue weighted by molar-refractivity contribution is 0.287. The monoisotopic (exact) mass is 498 g/mol. The van der Waals surface area contributed by atoms with Gasteiger partial charge in [0.1, 0.15) is 12.2 Å². The Labute approximate surface area is 206 Å². The molecule has 0 amide bonds. The van der Waals surface area contributed by atoms with Crippen LogP contribution in [-0.2, 0) is 0 Å². The Kier molecular flexibility index (Phi) is 5.03. The van der Waals surface area contributed by atoms with Gasteiger partial charge in [-0.25, -0.2) is 15.0 Å². The maximum atomic E-state index is 6.60. The first-order valence-electron chi connectivity index (χ1n) is 10.8. The molecule has 2 aromatic heterocycles. The molecule has 3 heterocycles. The van der Waals surface area contributed by atoms with Gasteiger partial charge >= 0.3 is 0 Å². The average molecular weight is 500 g/mol. The van der Waals surface area contributed by atoms with Crippen molar-refractivity contribution >= 4 is 51.8 Å². The number of fused-ring (bicyclic) bond motifs is 2. The molecule has 3 atom stereocenters. The third-order valence-electron chi connectivity index (χ3n) is 6.75. The summed E-state index contributed by atoms with van der Waals surface area (Å²) in [5, 5.41) is 1.77. The number of anilines is 1. The maximum absolute atomic E-state index is 6.60. The van der Waals surface area contributed by atoms with Crippen molar-refractivity contribution in [2.75, 3.05) is 19.0 Å². The Bertz CT molecular complexity index is 1350. The first-order chi connectivity index (χ1) is 15.9. The zero-order valence-electron chi connectivity index (χ0n) is 18.1. The van der Waals surface area contributed by atoms with Crippen molar-refractivity contribution in [1.82, 2.24) is 24.4 Å². The summed E-state index contributed by atoms with van der Waals surface area (Å²) in [5.41, 5.74) is 3.17. The van der Waals surface area contributed by atoms with E-state index in [0.717, 1.165) is 41.1 Å². The highest BCUT2D eigenvalue weighted by atomic mass is 35.5. The molecule has 4 aromatic rings. The number of imidazole rings is 1. The molecule has 1 aliphatic carbocycles. The van der Waals surface area contributed by atoms with E-state index in [4.69, 9.17) is 39.8 Å². The first-order valence-corrected chi connectivity index (χ1v) is 12.0. The van der Waals surface area contributed by atoms with Gasteiger partial charge in [-0.05, 0) is 69.4 Å². The van der Waals surface area contributed by atoms with Crippen LogP contribution in [-0.4, -0.2) is 56.6 Å². The third-order valence-corrected chi connectivity index (χ3v) is 7.55. The van der Waals surface area contributed by atoms with Crippen molar-refractivity contribution in [3.63, 3.8) is 0 Å². The molecule has 0 bridgehead atoms. The minimum absolute atomic E-state index is 0.499. The van der Waals surface area contributed by atoms with E-state index in [1.165, 1.54) is 0 Å². The van der Waals surface area contributed by atoms with Crippen LogP contribution in [0, 0.1) is 0 Å². The molecule has 9 heteroatoms. The van der Waals surface area contributed by atoms with Gasteiger partial charge in [0, 0.05) is 27.3 Å². The molecule has 0 radical (unpaired) electrons. The summed E-state index contributed by atoms with van der Waals surface area (Å²) < 4.78 is 2.01. The van der Waals surface area contributed by atoms with Gasteiger partial charge < -0.3 is 9.80 Å². The van der Waals surface area contributed by atoms with Gasteiger partial charge in [-0.1, -0.05) is 34.8 Å². The Morgan fingerprint density at radius 1 is 0.909 bits per heavy atom. The van der Waals surface area contributed by atoms with Gasteiger partial charge in [0.05, 0.1) is 17.1 Å². The SMILES string of the molecule is CN(C)C1C[C@@H]2[C@H](C1)N2c1ncnc2c1nc(-c1ccc(Cl)cc1Cl)n2-c1ccc(Cl)cc1. The number of nitrogens with zero attached hydrogens (tertiary/aromatic N) is 6. The largest absolute Gasteiger partial charge is 0.344 e. The van der Waals surface area contributed by atoms with Crippen LogP contribution in [0.4, 0.5) is 5.82 Å². The predicted octanol–water partition coefficient (Wildman–Crippen LogP) is 5.72. The van der Waals surface area contributed by atoms with E-state index >= 15 is 0 Å². The normalized spacial score (nSPS) is 21.8. The topological polar surface area (TPSA) is 49.9 Å². The minimum atomic E-state index is 0.499. The number of benzene rings is 2.